The fourth-order valence-electron chi connectivity index (χ4n) is 3.19. The first kappa shape index (κ1) is 20.5. The van der Waals surface area contributed by atoms with Gasteiger partial charge in [-0.15, -0.1) is 0 Å². The van der Waals surface area contributed by atoms with E-state index < -0.39 is 0 Å². The second-order valence-electron chi connectivity index (χ2n) is 6.58. The minimum absolute atomic E-state index is 0.00195. The number of methoxy groups -OCH3 is 3. The molecular weight excluding hydrogens is 368 g/mol. The minimum atomic E-state index is 0.00195. The molecule has 0 amide bonds. The van der Waals surface area contributed by atoms with Crippen molar-refractivity contribution >= 4 is 0 Å². The van der Waals surface area contributed by atoms with Crippen LogP contribution in [0.5, 0.6) is 17.2 Å². The van der Waals surface area contributed by atoms with Gasteiger partial charge in [-0.1, -0.05) is 36.4 Å². The van der Waals surface area contributed by atoms with Crippen molar-refractivity contribution in [3.63, 3.8) is 0 Å². The molecule has 3 aromatic rings. The lowest BCUT2D eigenvalue weighted by Crippen LogP contribution is -2.18. The molecule has 0 fully saturated rings. The van der Waals surface area contributed by atoms with E-state index in [1.807, 2.05) is 30.3 Å². The Balaban J connectivity index is 1.61. The molecule has 1 heterocycles. The SMILES string of the molecule is COc1ccc(CNCc2ccc(Cn3ccccc3=O)cc2)c(OC)c1OC. The van der Waals surface area contributed by atoms with Crippen LogP contribution in [-0.2, 0) is 19.6 Å². The van der Waals surface area contributed by atoms with E-state index in [1.54, 1.807) is 44.2 Å². The molecule has 0 saturated heterocycles. The van der Waals surface area contributed by atoms with Crippen molar-refractivity contribution in [2.45, 2.75) is 19.6 Å². The van der Waals surface area contributed by atoms with Crippen molar-refractivity contribution in [3.05, 3.63) is 87.8 Å². The number of hydrogen-bond acceptors (Lipinski definition) is 5. The van der Waals surface area contributed by atoms with E-state index in [4.69, 9.17) is 14.2 Å². The third kappa shape index (κ3) is 4.97. The van der Waals surface area contributed by atoms with Gasteiger partial charge in [0.1, 0.15) is 0 Å². The van der Waals surface area contributed by atoms with Crippen molar-refractivity contribution < 1.29 is 14.2 Å². The Labute approximate surface area is 170 Å². The molecule has 0 aliphatic heterocycles. The molecule has 0 atom stereocenters. The van der Waals surface area contributed by atoms with E-state index in [1.165, 1.54) is 0 Å². The number of pyridine rings is 1. The molecule has 6 heteroatoms. The second-order valence-corrected chi connectivity index (χ2v) is 6.58. The first-order chi connectivity index (χ1) is 14.2. The number of hydrogen-bond donors (Lipinski definition) is 1. The second kappa shape index (κ2) is 9.80. The molecule has 0 bridgehead atoms. The summed E-state index contributed by atoms with van der Waals surface area (Å²) in [7, 11) is 4.83. The zero-order valence-electron chi connectivity index (χ0n) is 17.0. The Hall–Kier alpha value is -3.25. The summed E-state index contributed by atoms with van der Waals surface area (Å²) in [5.41, 5.74) is 3.24. The van der Waals surface area contributed by atoms with Crippen molar-refractivity contribution in [2.75, 3.05) is 21.3 Å². The van der Waals surface area contributed by atoms with Crippen LogP contribution in [0.25, 0.3) is 0 Å². The highest BCUT2D eigenvalue weighted by Crippen LogP contribution is 2.39. The molecule has 0 radical (unpaired) electrons. The highest BCUT2D eigenvalue weighted by atomic mass is 16.5. The van der Waals surface area contributed by atoms with Gasteiger partial charge in [0.15, 0.2) is 11.5 Å². The van der Waals surface area contributed by atoms with Crippen LogP contribution in [0.4, 0.5) is 0 Å². The highest BCUT2D eigenvalue weighted by molar-refractivity contribution is 5.55. The monoisotopic (exact) mass is 394 g/mol. The van der Waals surface area contributed by atoms with Crippen molar-refractivity contribution in [1.82, 2.24) is 9.88 Å². The molecule has 0 unspecified atom stereocenters. The first-order valence-corrected chi connectivity index (χ1v) is 9.38. The lowest BCUT2D eigenvalue weighted by molar-refractivity contribution is 0.321. The summed E-state index contributed by atoms with van der Waals surface area (Å²) in [5.74, 6) is 1.90. The quantitative estimate of drug-likeness (QED) is 0.604. The molecule has 0 aliphatic carbocycles. The summed E-state index contributed by atoms with van der Waals surface area (Å²) in [6.45, 7) is 1.91. The molecule has 6 nitrogen and oxygen atoms in total. The molecule has 0 spiro atoms. The molecule has 29 heavy (non-hydrogen) atoms. The molecule has 3 rings (SSSR count). The molecule has 2 aromatic carbocycles. The molecular formula is C23H26N2O4. The number of rotatable bonds is 9. The standard InChI is InChI=1S/C23H26N2O4/c1-27-20-12-11-19(22(28-2)23(20)29-3)15-24-14-17-7-9-18(10-8-17)16-25-13-5-4-6-21(25)26/h4-13,24H,14-16H2,1-3H3. The molecule has 1 aromatic heterocycles. The van der Waals surface area contributed by atoms with Crippen molar-refractivity contribution in [2.24, 2.45) is 0 Å². The van der Waals surface area contributed by atoms with Crippen LogP contribution >= 0.6 is 0 Å². The van der Waals surface area contributed by atoms with Crippen molar-refractivity contribution in [3.8, 4) is 17.2 Å². The third-order valence-corrected chi connectivity index (χ3v) is 4.71. The summed E-state index contributed by atoms with van der Waals surface area (Å²) in [6, 6.07) is 17.3. The number of nitrogens with zero attached hydrogens (tertiary/aromatic N) is 1. The van der Waals surface area contributed by atoms with Crippen LogP contribution < -0.4 is 25.1 Å². The summed E-state index contributed by atoms with van der Waals surface area (Å²) < 4.78 is 18.0. The van der Waals surface area contributed by atoms with Gasteiger partial charge in [-0.3, -0.25) is 4.79 Å². The van der Waals surface area contributed by atoms with E-state index in [-0.39, 0.29) is 5.56 Å². The van der Waals surface area contributed by atoms with Crippen LogP contribution in [0.3, 0.4) is 0 Å². The number of aromatic nitrogens is 1. The van der Waals surface area contributed by atoms with E-state index in [9.17, 15) is 4.79 Å². The van der Waals surface area contributed by atoms with E-state index in [2.05, 4.69) is 17.4 Å². The van der Waals surface area contributed by atoms with E-state index in [0.717, 1.165) is 16.7 Å². The third-order valence-electron chi connectivity index (χ3n) is 4.71. The Morgan fingerprint density at radius 1 is 0.793 bits per heavy atom. The maximum absolute atomic E-state index is 11.8. The maximum Gasteiger partial charge on any atom is 0.250 e. The van der Waals surface area contributed by atoms with Gasteiger partial charge in [-0.25, -0.2) is 0 Å². The van der Waals surface area contributed by atoms with Gasteiger partial charge in [-0.2, -0.15) is 0 Å². The highest BCUT2D eigenvalue weighted by Gasteiger charge is 2.15. The Morgan fingerprint density at radius 2 is 1.52 bits per heavy atom. The molecule has 152 valence electrons. The van der Waals surface area contributed by atoms with Gasteiger partial charge < -0.3 is 24.1 Å². The summed E-state index contributed by atoms with van der Waals surface area (Å²) in [5, 5.41) is 3.43. The summed E-state index contributed by atoms with van der Waals surface area (Å²) >= 11 is 0. The number of benzene rings is 2. The average Bonchev–Trinajstić information content (AvgIpc) is 2.76. The zero-order chi connectivity index (χ0) is 20.6. The maximum atomic E-state index is 11.8. The van der Waals surface area contributed by atoms with Gasteiger partial charge in [0.05, 0.1) is 27.9 Å². The lowest BCUT2D eigenvalue weighted by Gasteiger charge is -2.16. The summed E-state index contributed by atoms with van der Waals surface area (Å²) in [6.07, 6.45) is 1.80. The normalized spacial score (nSPS) is 10.6. The zero-order valence-corrected chi connectivity index (χ0v) is 17.0. The Bertz CT molecular complexity index is 997. The summed E-state index contributed by atoms with van der Waals surface area (Å²) in [4.78, 5) is 11.8. The van der Waals surface area contributed by atoms with Crippen molar-refractivity contribution in [1.29, 1.82) is 0 Å². The number of nitrogens with one attached hydrogen (secondary N) is 1. The van der Waals surface area contributed by atoms with Gasteiger partial charge >= 0.3 is 0 Å². The van der Waals surface area contributed by atoms with Gasteiger partial charge in [0.25, 0.3) is 5.56 Å². The molecule has 1 N–H and O–H groups in total. The Kier molecular flexibility index (Phi) is 6.92. The predicted octanol–water partition coefficient (Wildman–Crippen LogP) is 3.21. The van der Waals surface area contributed by atoms with Crippen LogP contribution in [0.15, 0.2) is 65.6 Å². The fourth-order valence-corrected chi connectivity index (χ4v) is 3.19. The van der Waals surface area contributed by atoms with E-state index >= 15 is 0 Å². The number of ether oxygens (including phenoxy) is 3. The molecule has 0 saturated carbocycles. The molecule has 0 aliphatic rings. The lowest BCUT2D eigenvalue weighted by atomic mass is 10.1. The average molecular weight is 394 g/mol. The Morgan fingerprint density at radius 3 is 2.17 bits per heavy atom. The van der Waals surface area contributed by atoms with Crippen LogP contribution in [0.1, 0.15) is 16.7 Å². The smallest absolute Gasteiger partial charge is 0.250 e. The minimum Gasteiger partial charge on any atom is -0.493 e. The predicted molar refractivity (Wildman–Crippen MR) is 113 cm³/mol. The van der Waals surface area contributed by atoms with Crippen LogP contribution in [0, 0.1) is 0 Å². The van der Waals surface area contributed by atoms with Crippen LogP contribution in [-0.4, -0.2) is 25.9 Å². The largest absolute Gasteiger partial charge is 0.493 e. The fraction of sp³-hybridized carbons (Fsp3) is 0.261. The van der Waals surface area contributed by atoms with Gasteiger partial charge in [0, 0.05) is 30.9 Å². The van der Waals surface area contributed by atoms with Crippen LogP contribution in [0.2, 0.25) is 0 Å². The van der Waals surface area contributed by atoms with Gasteiger partial charge in [-0.05, 0) is 23.3 Å². The topological polar surface area (TPSA) is 61.7 Å². The first-order valence-electron chi connectivity index (χ1n) is 9.38. The van der Waals surface area contributed by atoms with Gasteiger partial charge in [0.2, 0.25) is 5.75 Å². The van der Waals surface area contributed by atoms with E-state index in [0.29, 0.717) is 36.9 Å².